The highest BCUT2D eigenvalue weighted by Gasteiger charge is 2.29. The van der Waals surface area contributed by atoms with Crippen molar-refractivity contribution in [1.82, 2.24) is 10.1 Å². The van der Waals surface area contributed by atoms with Crippen molar-refractivity contribution in [3.05, 3.63) is 11.7 Å². The quantitative estimate of drug-likeness (QED) is 0.825. The number of rotatable bonds is 6. The van der Waals surface area contributed by atoms with Crippen molar-refractivity contribution >= 4 is 11.8 Å². The lowest BCUT2D eigenvalue weighted by molar-refractivity contribution is 0.360. The van der Waals surface area contributed by atoms with E-state index in [2.05, 4.69) is 24.0 Å². The van der Waals surface area contributed by atoms with E-state index in [0.29, 0.717) is 17.1 Å². The molecule has 1 unspecified atom stereocenters. The minimum atomic E-state index is 0.200. The maximum absolute atomic E-state index is 6.01. The van der Waals surface area contributed by atoms with Crippen LogP contribution < -0.4 is 5.73 Å². The SMILES string of the molecule is CC(C)SCc1noc(CC(N)C2CC2)n1. The molecule has 1 saturated carbocycles. The molecule has 90 valence electrons. The Morgan fingerprint density at radius 3 is 2.88 bits per heavy atom. The van der Waals surface area contributed by atoms with Crippen molar-refractivity contribution in [2.75, 3.05) is 0 Å². The Balaban J connectivity index is 1.81. The van der Waals surface area contributed by atoms with Crippen LogP contribution in [0.5, 0.6) is 0 Å². The standard InChI is InChI=1S/C11H19N3OS/c1-7(2)16-6-10-13-11(15-14-10)5-9(12)8-3-4-8/h7-9H,3-6,12H2,1-2H3. The highest BCUT2D eigenvalue weighted by Crippen LogP contribution is 2.32. The molecular formula is C11H19N3OS. The summed E-state index contributed by atoms with van der Waals surface area (Å²) in [6.07, 6.45) is 3.24. The predicted octanol–water partition coefficient (Wildman–Crippen LogP) is 1.99. The van der Waals surface area contributed by atoms with Gasteiger partial charge >= 0.3 is 0 Å². The molecule has 1 aromatic rings. The lowest BCUT2D eigenvalue weighted by Crippen LogP contribution is -2.25. The molecule has 1 aliphatic rings. The summed E-state index contributed by atoms with van der Waals surface area (Å²) in [5, 5.41) is 4.55. The highest BCUT2D eigenvalue weighted by molar-refractivity contribution is 7.99. The van der Waals surface area contributed by atoms with E-state index in [1.165, 1.54) is 12.8 Å². The molecule has 1 atom stereocenters. The van der Waals surface area contributed by atoms with Gasteiger partial charge in [-0.15, -0.1) is 0 Å². The largest absolute Gasteiger partial charge is 0.339 e. The second-order valence-electron chi connectivity index (χ2n) is 4.67. The first kappa shape index (κ1) is 11.9. The minimum Gasteiger partial charge on any atom is -0.339 e. The molecule has 1 fully saturated rings. The molecule has 0 saturated heterocycles. The van der Waals surface area contributed by atoms with Gasteiger partial charge in [0.15, 0.2) is 5.82 Å². The van der Waals surface area contributed by atoms with Crippen LogP contribution in [0.4, 0.5) is 0 Å². The first-order valence-corrected chi connectivity index (χ1v) is 6.88. The van der Waals surface area contributed by atoms with Gasteiger partial charge in [-0.25, -0.2) is 0 Å². The summed E-state index contributed by atoms with van der Waals surface area (Å²) in [5.41, 5.74) is 6.01. The van der Waals surface area contributed by atoms with Gasteiger partial charge in [0, 0.05) is 12.5 Å². The Morgan fingerprint density at radius 2 is 2.25 bits per heavy atom. The van der Waals surface area contributed by atoms with Gasteiger partial charge in [0.05, 0.1) is 5.75 Å². The molecule has 0 amide bonds. The van der Waals surface area contributed by atoms with Gasteiger partial charge in [-0.3, -0.25) is 0 Å². The molecule has 1 aliphatic carbocycles. The van der Waals surface area contributed by atoms with E-state index in [9.17, 15) is 0 Å². The van der Waals surface area contributed by atoms with Crippen LogP contribution >= 0.6 is 11.8 Å². The Bertz CT molecular complexity index is 336. The van der Waals surface area contributed by atoms with Gasteiger partial charge < -0.3 is 10.3 Å². The number of nitrogens with zero attached hydrogens (tertiary/aromatic N) is 2. The Morgan fingerprint density at radius 1 is 1.50 bits per heavy atom. The summed E-state index contributed by atoms with van der Waals surface area (Å²) in [6.45, 7) is 4.32. The number of hydrogen-bond acceptors (Lipinski definition) is 5. The smallest absolute Gasteiger partial charge is 0.228 e. The lowest BCUT2D eigenvalue weighted by atomic mass is 10.1. The summed E-state index contributed by atoms with van der Waals surface area (Å²) in [7, 11) is 0. The first-order valence-electron chi connectivity index (χ1n) is 5.84. The van der Waals surface area contributed by atoms with Crippen LogP contribution in [0.15, 0.2) is 4.52 Å². The lowest BCUT2D eigenvalue weighted by Gasteiger charge is -2.04. The Kier molecular flexibility index (Phi) is 3.86. The molecular weight excluding hydrogens is 222 g/mol. The monoisotopic (exact) mass is 241 g/mol. The summed E-state index contributed by atoms with van der Waals surface area (Å²) >= 11 is 1.82. The van der Waals surface area contributed by atoms with Crippen molar-refractivity contribution in [2.24, 2.45) is 11.7 Å². The fraction of sp³-hybridized carbons (Fsp3) is 0.818. The molecule has 2 N–H and O–H groups in total. The second kappa shape index (κ2) is 5.19. The summed E-state index contributed by atoms with van der Waals surface area (Å²) in [6, 6.07) is 0.200. The van der Waals surface area contributed by atoms with Gasteiger partial charge in [-0.2, -0.15) is 16.7 Å². The third kappa shape index (κ3) is 3.49. The van der Waals surface area contributed by atoms with Crippen LogP contribution in [-0.4, -0.2) is 21.4 Å². The van der Waals surface area contributed by atoms with Crippen LogP contribution in [-0.2, 0) is 12.2 Å². The maximum atomic E-state index is 6.01. The third-order valence-electron chi connectivity index (χ3n) is 2.69. The first-order chi connectivity index (χ1) is 7.65. The molecule has 0 bridgehead atoms. The molecule has 1 heterocycles. The molecule has 0 spiro atoms. The van der Waals surface area contributed by atoms with Gasteiger partial charge in [0.1, 0.15) is 0 Å². The molecule has 5 heteroatoms. The van der Waals surface area contributed by atoms with Gasteiger partial charge in [-0.05, 0) is 24.0 Å². The number of hydrogen-bond donors (Lipinski definition) is 1. The third-order valence-corrected chi connectivity index (χ3v) is 3.79. The van der Waals surface area contributed by atoms with Gasteiger partial charge in [0.2, 0.25) is 5.89 Å². The number of nitrogens with two attached hydrogens (primary N) is 1. The normalized spacial score (nSPS) is 18.0. The summed E-state index contributed by atoms with van der Waals surface area (Å²) in [5.74, 6) is 2.98. The van der Waals surface area contributed by atoms with E-state index in [-0.39, 0.29) is 6.04 Å². The molecule has 1 aromatic heterocycles. The van der Waals surface area contributed by atoms with E-state index in [0.717, 1.165) is 18.0 Å². The molecule has 2 rings (SSSR count). The van der Waals surface area contributed by atoms with E-state index >= 15 is 0 Å². The van der Waals surface area contributed by atoms with E-state index in [1.54, 1.807) is 0 Å². The van der Waals surface area contributed by atoms with Crippen molar-refractivity contribution in [3.8, 4) is 0 Å². The van der Waals surface area contributed by atoms with Gasteiger partial charge in [-0.1, -0.05) is 19.0 Å². The zero-order chi connectivity index (χ0) is 11.5. The average molecular weight is 241 g/mol. The fourth-order valence-corrected chi connectivity index (χ4v) is 2.17. The van der Waals surface area contributed by atoms with Gasteiger partial charge in [0.25, 0.3) is 0 Å². The molecule has 0 aromatic carbocycles. The zero-order valence-electron chi connectivity index (χ0n) is 9.85. The summed E-state index contributed by atoms with van der Waals surface area (Å²) < 4.78 is 5.19. The number of aromatic nitrogens is 2. The van der Waals surface area contributed by atoms with E-state index < -0.39 is 0 Å². The Labute approximate surface area is 100 Å². The van der Waals surface area contributed by atoms with Crippen molar-refractivity contribution in [1.29, 1.82) is 0 Å². The minimum absolute atomic E-state index is 0.200. The van der Waals surface area contributed by atoms with Crippen LogP contribution in [0.25, 0.3) is 0 Å². The molecule has 4 nitrogen and oxygen atoms in total. The maximum Gasteiger partial charge on any atom is 0.228 e. The average Bonchev–Trinajstić information content (AvgIpc) is 2.98. The Hall–Kier alpha value is -0.550. The van der Waals surface area contributed by atoms with Crippen molar-refractivity contribution < 1.29 is 4.52 Å². The van der Waals surface area contributed by atoms with Crippen molar-refractivity contribution in [3.63, 3.8) is 0 Å². The van der Waals surface area contributed by atoms with Crippen LogP contribution in [0.2, 0.25) is 0 Å². The van der Waals surface area contributed by atoms with Crippen LogP contribution in [0.1, 0.15) is 38.4 Å². The fourth-order valence-electron chi connectivity index (χ4n) is 1.57. The summed E-state index contributed by atoms with van der Waals surface area (Å²) in [4.78, 5) is 4.35. The molecule has 0 aliphatic heterocycles. The van der Waals surface area contributed by atoms with E-state index in [1.807, 2.05) is 11.8 Å². The van der Waals surface area contributed by atoms with Crippen LogP contribution in [0.3, 0.4) is 0 Å². The predicted molar refractivity (Wildman–Crippen MR) is 65.1 cm³/mol. The van der Waals surface area contributed by atoms with Crippen molar-refractivity contribution in [2.45, 2.75) is 50.2 Å². The second-order valence-corrected chi connectivity index (χ2v) is 6.23. The zero-order valence-corrected chi connectivity index (χ0v) is 10.7. The van der Waals surface area contributed by atoms with Crippen LogP contribution in [0, 0.1) is 5.92 Å². The molecule has 0 radical (unpaired) electrons. The number of thioether (sulfide) groups is 1. The van der Waals surface area contributed by atoms with E-state index in [4.69, 9.17) is 10.3 Å². The highest BCUT2D eigenvalue weighted by atomic mass is 32.2. The topological polar surface area (TPSA) is 64.9 Å². The molecule has 16 heavy (non-hydrogen) atoms.